The van der Waals surface area contributed by atoms with Gasteiger partial charge in [-0.1, -0.05) is 25.6 Å². The van der Waals surface area contributed by atoms with Gasteiger partial charge in [-0.25, -0.2) is 4.79 Å². The highest BCUT2D eigenvalue weighted by molar-refractivity contribution is 7.86. The van der Waals surface area contributed by atoms with Crippen molar-refractivity contribution in [2.75, 3.05) is 33.1 Å². The summed E-state index contributed by atoms with van der Waals surface area (Å²) in [7, 11) is -2.54. The molecule has 9 nitrogen and oxygen atoms in total. The van der Waals surface area contributed by atoms with E-state index in [1.807, 2.05) is 13.8 Å². The summed E-state index contributed by atoms with van der Waals surface area (Å²) in [4.78, 5) is 39.7. The Hall–Kier alpha value is -2.88. The number of rotatable bonds is 9. The molecule has 3 rings (SSSR count). The molecular weight excluding hydrogens is 474 g/mol. The van der Waals surface area contributed by atoms with Crippen LogP contribution in [0.1, 0.15) is 56.1 Å². The highest BCUT2D eigenvalue weighted by atomic mass is 32.2. The Morgan fingerprint density at radius 2 is 2.06 bits per heavy atom. The number of fused-ring (bicyclic) bond motifs is 3. The van der Waals surface area contributed by atoms with E-state index in [1.165, 1.54) is 13.2 Å². The lowest BCUT2D eigenvalue weighted by atomic mass is 9.54. The molecule has 4 atom stereocenters. The monoisotopic (exact) mass is 507 g/mol. The molecule has 2 aliphatic carbocycles. The molecule has 0 heterocycles. The van der Waals surface area contributed by atoms with Crippen LogP contribution < -0.4 is 8.92 Å². The molecule has 192 valence electrons. The van der Waals surface area contributed by atoms with Crippen LogP contribution in [0.15, 0.2) is 24.8 Å². The molecule has 0 saturated heterocycles. The van der Waals surface area contributed by atoms with Gasteiger partial charge >= 0.3 is 16.2 Å². The molecule has 0 aliphatic heterocycles. The van der Waals surface area contributed by atoms with Crippen LogP contribution in [0.5, 0.6) is 11.5 Å². The minimum Gasteiger partial charge on any atom is -0.493 e. The van der Waals surface area contributed by atoms with Gasteiger partial charge in [-0.05, 0) is 42.7 Å². The topological polar surface area (TPSA) is 116 Å². The first-order valence-corrected chi connectivity index (χ1v) is 13.4. The van der Waals surface area contributed by atoms with E-state index in [0.29, 0.717) is 43.5 Å². The summed E-state index contributed by atoms with van der Waals surface area (Å²) in [5.74, 6) is -1.36. The number of aldehydes is 1. The number of hydrogen-bond donors (Lipinski definition) is 0. The van der Waals surface area contributed by atoms with Crippen LogP contribution in [0.25, 0.3) is 0 Å². The predicted octanol–water partition coefficient (Wildman–Crippen LogP) is 3.43. The molecule has 1 aromatic rings. The summed E-state index contributed by atoms with van der Waals surface area (Å²) >= 11 is 0. The lowest BCUT2D eigenvalue weighted by molar-refractivity contribution is -0.129. The molecule has 1 aromatic carbocycles. The van der Waals surface area contributed by atoms with Crippen molar-refractivity contribution < 1.29 is 36.5 Å². The number of nitrogens with zero attached hydrogens (tertiary/aromatic N) is 1. The van der Waals surface area contributed by atoms with Crippen LogP contribution in [0.3, 0.4) is 0 Å². The Morgan fingerprint density at radius 1 is 1.34 bits per heavy atom. The van der Waals surface area contributed by atoms with Gasteiger partial charge in [0.25, 0.3) is 0 Å². The minimum atomic E-state index is -3.92. The lowest BCUT2D eigenvalue weighted by Crippen LogP contribution is -2.51. The maximum absolute atomic E-state index is 13.3. The van der Waals surface area contributed by atoms with Crippen molar-refractivity contribution in [3.8, 4) is 11.5 Å². The maximum Gasteiger partial charge on any atom is 0.410 e. The molecule has 0 radical (unpaired) electrons. The van der Waals surface area contributed by atoms with Gasteiger partial charge in [-0.15, -0.1) is 0 Å². The van der Waals surface area contributed by atoms with Crippen molar-refractivity contribution in [3.05, 3.63) is 35.9 Å². The van der Waals surface area contributed by atoms with Crippen molar-refractivity contribution >= 4 is 28.3 Å². The van der Waals surface area contributed by atoms with Crippen LogP contribution in [0.2, 0.25) is 0 Å². The second kappa shape index (κ2) is 10.4. The Balaban J connectivity index is 2.09. The van der Waals surface area contributed by atoms with E-state index in [0.717, 1.165) is 12.5 Å². The summed E-state index contributed by atoms with van der Waals surface area (Å²) < 4.78 is 39.8. The number of benzene rings is 1. The first-order valence-electron chi connectivity index (χ1n) is 11.6. The van der Waals surface area contributed by atoms with Gasteiger partial charge in [0.15, 0.2) is 11.5 Å². The van der Waals surface area contributed by atoms with Crippen molar-refractivity contribution in [1.29, 1.82) is 0 Å². The SMILES string of the molecule is C=CCOC(=O)N(CC)C[C@]1(C)CCC(=O)[C@@H]2c3ccc(OC)c(OS(C)(=O)=O)c3[C@H](C=O)C[C@@H]21. The second-order valence-electron chi connectivity index (χ2n) is 9.45. The smallest absolute Gasteiger partial charge is 0.410 e. The molecule has 1 saturated carbocycles. The molecule has 0 aromatic heterocycles. The van der Waals surface area contributed by atoms with Crippen LogP contribution >= 0.6 is 0 Å². The number of amides is 1. The average Bonchev–Trinajstić information content (AvgIpc) is 2.81. The Labute approximate surface area is 206 Å². The third-order valence-electron chi connectivity index (χ3n) is 7.13. The number of carbonyl (C=O) groups is 3. The molecule has 10 heteroatoms. The van der Waals surface area contributed by atoms with Crippen molar-refractivity contribution in [3.63, 3.8) is 0 Å². The number of Topliss-reactive ketones (excluding diaryl/α,β-unsaturated/α-hetero) is 1. The molecule has 0 bridgehead atoms. The fourth-order valence-corrected chi connectivity index (χ4v) is 5.98. The summed E-state index contributed by atoms with van der Waals surface area (Å²) in [5, 5.41) is 0. The van der Waals surface area contributed by atoms with Gasteiger partial charge in [-0.2, -0.15) is 8.42 Å². The standard InChI is InChI=1S/C25H33NO8S/c1-6-12-33-24(29)26(7-2)15-25(3)11-10-19(28)22-17-8-9-20(32-4)23(34-35(5,30)31)21(17)16(14-27)13-18(22)25/h6,8-9,14,16,18,22H,1,7,10-13,15H2,2-5H3/t16-,18-,22+,25-/m0/s1. The van der Waals surface area contributed by atoms with Gasteiger partial charge in [0, 0.05) is 36.9 Å². The van der Waals surface area contributed by atoms with E-state index in [1.54, 1.807) is 17.0 Å². The molecule has 1 amide bonds. The molecular formula is C25H33NO8S. The fraction of sp³-hybridized carbons (Fsp3) is 0.560. The summed E-state index contributed by atoms with van der Waals surface area (Å²) in [5.41, 5.74) is 0.478. The van der Waals surface area contributed by atoms with E-state index in [-0.39, 0.29) is 29.8 Å². The average molecular weight is 508 g/mol. The third-order valence-corrected chi connectivity index (χ3v) is 7.60. The fourth-order valence-electron chi connectivity index (χ4n) is 5.51. The van der Waals surface area contributed by atoms with Gasteiger partial charge in [0.1, 0.15) is 18.7 Å². The number of ether oxygens (including phenoxy) is 2. The normalized spacial score (nSPS) is 25.6. The van der Waals surface area contributed by atoms with Gasteiger partial charge in [0.05, 0.1) is 13.4 Å². The van der Waals surface area contributed by atoms with E-state index >= 15 is 0 Å². The number of ketones is 1. The zero-order valence-corrected chi connectivity index (χ0v) is 21.4. The minimum absolute atomic E-state index is 0.0193. The molecule has 0 unspecified atom stereocenters. The zero-order chi connectivity index (χ0) is 26.0. The quantitative estimate of drug-likeness (QED) is 0.284. The van der Waals surface area contributed by atoms with E-state index < -0.39 is 33.5 Å². The number of methoxy groups -OCH3 is 1. The predicted molar refractivity (Wildman–Crippen MR) is 129 cm³/mol. The van der Waals surface area contributed by atoms with Crippen LogP contribution in [-0.2, 0) is 24.4 Å². The van der Waals surface area contributed by atoms with Gasteiger partial charge in [-0.3, -0.25) is 4.79 Å². The first-order chi connectivity index (χ1) is 16.5. The molecule has 35 heavy (non-hydrogen) atoms. The largest absolute Gasteiger partial charge is 0.493 e. The van der Waals surface area contributed by atoms with Gasteiger partial charge in [0.2, 0.25) is 0 Å². The highest BCUT2D eigenvalue weighted by Crippen LogP contribution is 2.57. The Morgan fingerprint density at radius 3 is 2.63 bits per heavy atom. The Bertz CT molecular complexity index is 1110. The first kappa shape index (κ1) is 26.7. The number of hydrogen-bond acceptors (Lipinski definition) is 8. The summed E-state index contributed by atoms with van der Waals surface area (Å²) in [6.07, 6.45) is 3.90. The van der Waals surface area contributed by atoms with E-state index in [4.69, 9.17) is 13.7 Å². The highest BCUT2D eigenvalue weighted by Gasteiger charge is 2.52. The number of carbonyl (C=O) groups excluding carboxylic acids is 3. The molecule has 0 spiro atoms. The van der Waals surface area contributed by atoms with Crippen molar-refractivity contribution in [2.45, 2.75) is 44.9 Å². The Kier molecular flexibility index (Phi) is 7.93. The third kappa shape index (κ3) is 5.37. The van der Waals surface area contributed by atoms with E-state index in [2.05, 4.69) is 6.58 Å². The van der Waals surface area contributed by atoms with Crippen molar-refractivity contribution in [2.24, 2.45) is 11.3 Å². The maximum atomic E-state index is 13.3. The molecule has 2 aliphatic rings. The van der Waals surface area contributed by atoms with Gasteiger partial charge < -0.3 is 23.4 Å². The zero-order valence-electron chi connectivity index (χ0n) is 20.6. The van der Waals surface area contributed by atoms with Crippen LogP contribution in [0.4, 0.5) is 4.79 Å². The van der Waals surface area contributed by atoms with E-state index in [9.17, 15) is 22.8 Å². The molecule has 0 N–H and O–H groups in total. The van der Waals surface area contributed by atoms with Crippen molar-refractivity contribution in [1.82, 2.24) is 4.90 Å². The summed E-state index contributed by atoms with van der Waals surface area (Å²) in [6.45, 7) is 8.34. The van der Waals surface area contributed by atoms with Crippen LogP contribution in [0, 0.1) is 11.3 Å². The summed E-state index contributed by atoms with van der Waals surface area (Å²) in [6, 6.07) is 3.28. The molecule has 1 fully saturated rings. The second-order valence-corrected chi connectivity index (χ2v) is 11.0. The lowest BCUT2D eigenvalue weighted by Gasteiger charge is -2.50. The van der Waals surface area contributed by atoms with Crippen LogP contribution in [-0.4, -0.2) is 64.5 Å².